The van der Waals surface area contributed by atoms with E-state index in [-0.39, 0.29) is 19.4 Å². The Hall–Kier alpha value is -2.13. The van der Waals surface area contributed by atoms with Gasteiger partial charge in [0.15, 0.2) is 12.4 Å². The van der Waals surface area contributed by atoms with Crippen molar-refractivity contribution in [2.45, 2.75) is 218 Å². The Balaban J connectivity index is 2.48. The fourth-order valence-electron chi connectivity index (χ4n) is 6.66. The maximum Gasteiger partial charge on any atom is 0.306 e. The average molecular weight is 845 g/mol. The van der Waals surface area contributed by atoms with Gasteiger partial charge in [0.2, 0.25) is 0 Å². The molecule has 2 unspecified atom stereocenters. The molecular weight excluding hydrogens is 765 g/mol. The molecule has 0 spiro atoms. The standard InChI is InChI=1S/C45H80O12S/c1-3-5-7-9-11-13-15-17-19-21-23-25-27-29-31-33-40(46)54-35-38(36-55-45-44(50)43(49)42(48)39(57-45)37-58(51,52)53)56-41(47)34-32-30-28-26-24-22-20-18-16-14-12-10-8-6-4-2/h11,13,17,19,28,30,38-39,42-45,48-50H,3-10,12,14-16,18,20-27,29,31-37H2,1-2H3,(H,51,52,53)/b13-11+,19-17+,30-28+/t38-,39-,42-,43?,44?,45+/m1/s1. The first-order valence-corrected chi connectivity index (χ1v) is 24.2. The molecule has 1 saturated heterocycles. The predicted octanol–water partition coefficient (Wildman–Crippen LogP) is 9.00. The Labute approximate surface area is 351 Å². The van der Waals surface area contributed by atoms with Crippen LogP contribution in [0.15, 0.2) is 36.5 Å². The fourth-order valence-corrected chi connectivity index (χ4v) is 7.36. The van der Waals surface area contributed by atoms with Gasteiger partial charge in [0.1, 0.15) is 36.8 Å². The van der Waals surface area contributed by atoms with E-state index in [0.717, 1.165) is 57.8 Å². The second-order valence-corrected chi connectivity index (χ2v) is 17.2. The molecule has 338 valence electrons. The van der Waals surface area contributed by atoms with Crippen LogP contribution in [-0.2, 0) is 38.7 Å². The van der Waals surface area contributed by atoms with Crippen molar-refractivity contribution in [2.24, 2.45) is 0 Å². The van der Waals surface area contributed by atoms with Gasteiger partial charge in [-0.2, -0.15) is 8.42 Å². The van der Waals surface area contributed by atoms with Gasteiger partial charge in [0.05, 0.1) is 6.61 Å². The van der Waals surface area contributed by atoms with E-state index >= 15 is 0 Å². The van der Waals surface area contributed by atoms with E-state index < -0.39 is 71.2 Å². The molecule has 0 aromatic rings. The van der Waals surface area contributed by atoms with E-state index in [1.165, 1.54) is 83.5 Å². The van der Waals surface area contributed by atoms with Crippen molar-refractivity contribution in [3.8, 4) is 0 Å². The molecule has 1 aliphatic heterocycles. The van der Waals surface area contributed by atoms with Gasteiger partial charge >= 0.3 is 11.9 Å². The largest absolute Gasteiger partial charge is 0.462 e. The fraction of sp³-hybridized carbons (Fsp3) is 0.822. The van der Waals surface area contributed by atoms with Crippen LogP contribution in [0.2, 0.25) is 0 Å². The average Bonchev–Trinajstić information content (AvgIpc) is 3.18. The van der Waals surface area contributed by atoms with E-state index in [9.17, 15) is 37.9 Å². The summed E-state index contributed by atoms with van der Waals surface area (Å²) in [6.45, 7) is 3.69. The molecular formula is C45H80O12S. The number of rotatable bonds is 37. The van der Waals surface area contributed by atoms with Gasteiger partial charge in [-0.3, -0.25) is 14.1 Å². The number of aliphatic hydroxyl groups excluding tert-OH is 3. The second kappa shape index (κ2) is 35.6. The van der Waals surface area contributed by atoms with E-state index in [1.807, 2.05) is 6.08 Å². The quantitative estimate of drug-likeness (QED) is 0.0202. The lowest BCUT2D eigenvalue weighted by molar-refractivity contribution is -0.297. The van der Waals surface area contributed by atoms with Gasteiger partial charge < -0.3 is 34.3 Å². The maximum absolute atomic E-state index is 12.8. The topological polar surface area (TPSA) is 186 Å². The van der Waals surface area contributed by atoms with Crippen molar-refractivity contribution in [2.75, 3.05) is 19.0 Å². The Morgan fingerprint density at radius 1 is 0.586 bits per heavy atom. The van der Waals surface area contributed by atoms with Crippen molar-refractivity contribution in [3.05, 3.63) is 36.5 Å². The summed E-state index contributed by atoms with van der Waals surface area (Å²) < 4.78 is 54.0. The molecule has 13 heteroatoms. The normalized spacial score (nSPS) is 20.7. The SMILES string of the molecule is CCCCC/C=C/C/C=C/CCCCCCCC(=O)OC[C@H](CO[C@H]1O[C@H](CS(=O)(=O)O)[C@@H](O)C(O)C1O)OC(=O)CC/C=C/CCCCCCCCCCCCC. The van der Waals surface area contributed by atoms with Crippen LogP contribution in [0, 0.1) is 0 Å². The minimum absolute atomic E-state index is 0.0784. The van der Waals surface area contributed by atoms with Crippen LogP contribution in [-0.4, -0.2) is 96.0 Å². The lowest BCUT2D eigenvalue weighted by Crippen LogP contribution is -2.60. The molecule has 1 rings (SSSR count). The highest BCUT2D eigenvalue weighted by molar-refractivity contribution is 7.85. The number of ether oxygens (including phenoxy) is 4. The van der Waals surface area contributed by atoms with Crippen LogP contribution in [0.5, 0.6) is 0 Å². The van der Waals surface area contributed by atoms with Gasteiger partial charge in [-0.1, -0.05) is 147 Å². The van der Waals surface area contributed by atoms with E-state index in [4.69, 9.17) is 18.9 Å². The molecule has 1 fully saturated rings. The van der Waals surface area contributed by atoms with E-state index in [2.05, 4.69) is 44.2 Å². The Morgan fingerprint density at radius 3 is 1.64 bits per heavy atom. The number of esters is 2. The first-order valence-electron chi connectivity index (χ1n) is 22.5. The third-order valence-electron chi connectivity index (χ3n) is 10.2. The van der Waals surface area contributed by atoms with Crippen molar-refractivity contribution < 1.29 is 56.8 Å². The van der Waals surface area contributed by atoms with Crippen molar-refractivity contribution >= 4 is 22.1 Å². The molecule has 6 atom stereocenters. The highest BCUT2D eigenvalue weighted by Gasteiger charge is 2.46. The van der Waals surface area contributed by atoms with Crippen molar-refractivity contribution in [1.82, 2.24) is 0 Å². The molecule has 0 bridgehead atoms. The predicted molar refractivity (Wildman–Crippen MR) is 229 cm³/mol. The highest BCUT2D eigenvalue weighted by atomic mass is 32.2. The molecule has 0 radical (unpaired) electrons. The molecule has 0 aromatic carbocycles. The van der Waals surface area contributed by atoms with Crippen molar-refractivity contribution in [1.29, 1.82) is 0 Å². The van der Waals surface area contributed by atoms with Crippen LogP contribution in [0.1, 0.15) is 181 Å². The molecule has 58 heavy (non-hydrogen) atoms. The number of aliphatic hydroxyl groups is 3. The molecule has 4 N–H and O–H groups in total. The molecule has 1 heterocycles. The Bertz CT molecular complexity index is 1220. The smallest absolute Gasteiger partial charge is 0.306 e. The summed E-state index contributed by atoms with van der Waals surface area (Å²) in [4.78, 5) is 25.3. The summed E-state index contributed by atoms with van der Waals surface area (Å²) in [7, 11) is -4.61. The van der Waals surface area contributed by atoms with Crippen LogP contribution in [0.3, 0.4) is 0 Å². The van der Waals surface area contributed by atoms with Gasteiger partial charge in [-0.05, 0) is 57.8 Å². The summed E-state index contributed by atoms with van der Waals surface area (Å²) in [5.41, 5.74) is 0. The highest BCUT2D eigenvalue weighted by Crippen LogP contribution is 2.24. The van der Waals surface area contributed by atoms with E-state index in [0.29, 0.717) is 12.8 Å². The number of hydrogen-bond donors (Lipinski definition) is 4. The second-order valence-electron chi connectivity index (χ2n) is 15.7. The minimum Gasteiger partial charge on any atom is -0.462 e. The zero-order valence-corrected chi connectivity index (χ0v) is 36.7. The lowest BCUT2D eigenvalue weighted by Gasteiger charge is -2.40. The van der Waals surface area contributed by atoms with Gasteiger partial charge in [-0.15, -0.1) is 0 Å². The lowest BCUT2D eigenvalue weighted by atomic mass is 10.00. The van der Waals surface area contributed by atoms with Crippen molar-refractivity contribution in [3.63, 3.8) is 0 Å². The molecule has 0 amide bonds. The number of carbonyl (C=O) groups is 2. The van der Waals surface area contributed by atoms with E-state index in [1.54, 1.807) is 0 Å². The third-order valence-corrected chi connectivity index (χ3v) is 11.0. The molecule has 1 aliphatic rings. The molecule has 0 aliphatic carbocycles. The zero-order chi connectivity index (χ0) is 42.7. The minimum atomic E-state index is -4.61. The summed E-state index contributed by atoms with van der Waals surface area (Å²) >= 11 is 0. The van der Waals surface area contributed by atoms with Gasteiger partial charge in [-0.25, -0.2) is 0 Å². The Morgan fingerprint density at radius 2 is 1.07 bits per heavy atom. The summed E-state index contributed by atoms with van der Waals surface area (Å²) in [6.07, 6.45) is 30.6. The zero-order valence-electron chi connectivity index (χ0n) is 35.9. The molecule has 0 saturated carbocycles. The maximum atomic E-state index is 12.8. The number of carbonyl (C=O) groups excluding carboxylic acids is 2. The van der Waals surface area contributed by atoms with Crippen LogP contribution < -0.4 is 0 Å². The number of hydrogen-bond acceptors (Lipinski definition) is 11. The molecule has 0 aromatic heterocycles. The number of unbranched alkanes of at least 4 members (excludes halogenated alkanes) is 19. The first-order chi connectivity index (χ1) is 28.0. The van der Waals surface area contributed by atoms with Gasteiger partial charge in [0.25, 0.3) is 10.1 Å². The van der Waals surface area contributed by atoms with Crippen LogP contribution in [0.4, 0.5) is 0 Å². The van der Waals surface area contributed by atoms with Crippen LogP contribution >= 0.6 is 0 Å². The monoisotopic (exact) mass is 845 g/mol. The molecule has 12 nitrogen and oxygen atoms in total. The number of allylic oxidation sites excluding steroid dienone is 6. The summed E-state index contributed by atoms with van der Waals surface area (Å²) in [6, 6.07) is 0. The van der Waals surface area contributed by atoms with Gasteiger partial charge in [0, 0.05) is 12.8 Å². The summed E-state index contributed by atoms with van der Waals surface area (Å²) in [5, 5.41) is 30.8. The Kier molecular flexibility index (Phi) is 33.1. The summed E-state index contributed by atoms with van der Waals surface area (Å²) in [5.74, 6) is -2.06. The first kappa shape index (κ1) is 53.9. The third kappa shape index (κ3) is 30.0. The van der Waals surface area contributed by atoms with Crippen LogP contribution in [0.25, 0.3) is 0 Å².